The van der Waals surface area contributed by atoms with E-state index in [-0.39, 0.29) is 18.3 Å². The second kappa shape index (κ2) is 8.95. The van der Waals surface area contributed by atoms with Gasteiger partial charge in [-0.25, -0.2) is 0 Å². The fourth-order valence-corrected chi connectivity index (χ4v) is 2.29. The molecule has 1 amide bonds. The van der Waals surface area contributed by atoms with Crippen molar-refractivity contribution in [2.45, 2.75) is 6.42 Å². The predicted octanol–water partition coefficient (Wildman–Crippen LogP) is 1.01. The van der Waals surface area contributed by atoms with Crippen molar-refractivity contribution in [2.75, 3.05) is 46.3 Å². The Morgan fingerprint density at radius 2 is 1.90 bits per heavy atom. The highest BCUT2D eigenvalue weighted by molar-refractivity contribution is 5.85. The Balaban J connectivity index is 0.00000200. The number of carbonyl (C=O) groups is 1. The van der Waals surface area contributed by atoms with Crippen LogP contribution in [0.2, 0.25) is 0 Å². The standard InChI is InChI=1S/C15H23N3O.ClH/c1-17(10-7-14-5-3-2-4-6-14)13-15(19)18-11-8-16-9-12-18;/h2-6,16H,7-13H2,1H3;1H. The minimum atomic E-state index is 0. The van der Waals surface area contributed by atoms with Crippen molar-refractivity contribution in [3.05, 3.63) is 35.9 Å². The van der Waals surface area contributed by atoms with Crippen molar-refractivity contribution in [2.24, 2.45) is 0 Å². The molecule has 1 saturated heterocycles. The largest absolute Gasteiger partial charge is 0.339 e. The second-order valence-electron chi connectivity index (χ2n) is 5.10. The SMILES string of the molecule is CN(CCc1ccccc1)CC(=O)N1CCNCC1.Cl. The third-order valence-electron chi connectivity index (χ3n) is 3.50. The normalized spacial score (nSPS) is 15.0. The number of piperazine rings is 1. The van der Waals surface area contributed by atoms with Crippen LogP contribution in [-0.2, 0) is 11.2 Å². The van der Waals surface area contributed by atoms with Gasteiger partial charge in [0.15, 0.2) is 0 Å². The Morgan fingerprint density at radius 3 is 2.55 bits per heavy atom. The molecule has 1 aliphatic heterocycles. The molecule has 0 aromatic heterocycles. The predicted molar refractivity (Wildman–Crippen MR) is 84.3 cm³/mol. The van der Waals surface area contributed by atoms with Crippen LogP contribution in [0.3, 0.4) is 0 Å². The van der Waals surface area contributed by atoms with Gasteiger partial charge in [0, 0.05) is 32.7 Å². The third-order valence-corrected chi connectivity index (χ3v) is 3.50. The number of carbonyl (C=O) groups excluding carboxylic acids is 1. The van der Waals surface area contributed by atoms with Crippen LogP contribution in [-0.4, -0.2) is 62.0 Å². The first kappa shape index (κ1) is 17.0. The van der Waals surface area contributed by atoms with Gasteiger partial charge in [-0.2, -0.15) is 0 Å². The van der Waals surface area contributed by atoms with E-state index in [9.17, 15) is 4.79 Å². The summed E-state index contributed by atoms with van der Waals surface area (Å²) in [6, 6.07) is 10.4. The summed E-state index contributed by atoms with van der Waals surface area (Å²) in [5.41, 5.74) is 1.32. The van der Waals surface area contributed by atoms with E-state index in [1.165, 1.54) is 5.56 Å². The molecular weight excluding hydrogens is 274 g/mol. The monoisotopic (exact) mass is 297 g/mol. The molecule has 1 heterocycles. The number of benzene rings is 1. The lowest BCUT2D eigenvalue weighted by molar-refractivity contribution is -0.132. The molecule has 0 spiro atoms. The lowest BCUT2D eigenvalue weighted by atomic mass is 10.1. The van der Waals surface area contributed by atoms with Gasteiger partial charge in [-0.3, -0.25) is 9.69 Å². The lowest BCUT2D eigenvalue weighted by Crippen LogP contribution is -2.49. The Kier molecular flexibility index (Phi) is 7.59. The number of nitrogens with one attached hydrogen (secondary N) is 1. The Bertz CT molecular complexity index is 393. The molecule has 0 aliphatic carbocycles. The van der Waals surface area contributed by atoms with Crippen LogP contribution in [0.1, 0.15) is 5.56 Å². The second-order valence-corrected chi connectivity index (χ2v) is 5.10. The van der Waals surface area contributed by atoms with Crippen LogP contribution in [0.5, 0.6) is 0 Å². The van der Waals surface area contributed by atoms with E-state index in [1.807, 2.05) is 18.0 Å². The highest BCUT2D eigenvalue weighted by Crippen LogP contribution is 2.01. The van der Waals surface area contributed by atoms with Crippen molar-refractivity contribution in [1.29, 1.82) is 0 Å². The quantitative estimate of drug-likeness (QED) is 0.881. The zero-order valence-corrected chi connectivity index (χ0v) is 12.9. The maximum Gasteiger partial charge on any atom is 0.236 e. The van der Waals surface area contributed by atoms with Crippen LogP contribution < -0.4 is 5.32 Å². The van der Waals surface area contributed by atoms with Crippen molar-refractivity contribution in [3.8, 4) is 0 Å². The number of likely N-dealkylation sites (N-methyl/N-ethyl adjacent to an activating group) is 1. The average molecular weight is 298 g/mol. The van der Waals surface area contributed by atoms with Gasteiger partial charge in [0.1, 0.15) is 0 Å². The first-order valence-electron chi connectivity index (χ1n) is 6.96. The molecule has 0 bridgehead atoms. The summed E-state index contributed by atoms with van der Waals surface area (Å²) in [5, 5.41) is 3.26. The molecule has 4 nitrogen and oxygen atoms in total. The molecule has 2 rings (SSSR count). The number of hydrogen-bond acceptors (Lipinski definition) is 3. The summed E-state index contributed by atoms with van der Waals surface area (Å²) in [4.78, 5) is 16.1. The smallest absolute Gasteiger partial charge is 0.236 e. The van der Waals surface area contributed by atoms with E-state index in [4.69, 9.17) is 0 Å². The van der Waals surface area contributed by atoms with E-state index < -0.39 is 0 Å². The molecular formula is C15H24ClN3O. The number of nitrogens with zero attached hydrogens (tertiary/aromatic N) is 2. The Morgan fingerprint density at radius 1 is 1.25 bits per heavy atom. The minimum absolute atomic E-state index is 0. The molecule has 0 radical (unpaired) electrons. The molecule has 0 unspecified atom stereocenters. The molecule has 1 aromatic carbocycles. The van der Waals surface area contributed by atoms with E-state index in [0.717, 1.165) is 39.1 Å². The summed E-state index contributed by atoms with van der Waals surface area (Å²) < 4.78 is 0. The van der Waals surface area contributed by atoms with Gasteiger partial charge in [0.25, 0.3) is 0 Å². The van der Waals surface area contributed by atoms with Gasteiger partial charge < -0.3 is 10.2 Å². The highest BCUT2D eigenvalue weighted by Gasteiger charge is 2.17. The van der Waals surface area contributed by atoms with E-state index in [2.05, 4.69) is 34.5 Å². The molecule has 1 fully saturated rings. The third kappa shape index (κ3) is 5.49. The number of hydrogen-bond donors (Lipinski definition) is 1. The lowest BCUT2D eigenvalue weighted by Gasteiger charge is -2.29. The zero-order chi connectivity index (χ0) is 13.5. The summed E-state index contributed by atoms with van der Waals surface area (Å²) in [6.07, 6.45) is 0.992. The molecule has 1 aromatic rings. The van der Waals surface area contributed by atoms with Gasteiger partial charge >= 0.3 is 0 Å². The van der Waals surface area contributed by atoms with Crippen LogP contribution in [0.15, 0.2) is 30.3 Å². The molecule has 0 atom stereocenters. The fraction of sp³-hybridized carbons (Fsp3) is 0.533. The van der Waals surface area contributed by atoms with Crippen LogP contribution in [0.4, 0.5) is 0 Å². The first-order valence-corrected chi connectivity index (χ1v) is 6.96. The van der Waals surface area contributed by atoms with Crippen LogP contribution in [0.25, 0.3) is 0 Å². The van der Waals surface area contributed by atoms with Crippen molar-refractivity contribution in [1.82, 2.24) is 15.1 Å². The highest BCUT2D eigenvalue weighted by atomic mass is 35.5. The molecule has 0 saturated carbocycles. The Labute approximate surface area is 127 Å². The van der Waals surface area contributed by atoms with Crippen molar-refractivity contribution >= 4 is 18.3 Å². The zero-order valence-electron chi connectivity index (χ0n) is 12.0. The fourth-order valence-electron chi connectivity index (χ4n) is 2.29. The van der Waals surface area contributed by atoms with Gasteiger partial charge in [-0.15, -0.1) is 12.4 Å². The number of amides is 1. The summed E-state index contributed by atoms with van der Waals surface area (Å²) >= 11 is 0. The Hall–Kier alpha value is -1.10. The average Bonchev–Trinajstić information content (AvgIpc) is 2.47. The summed E-state index contributed by atoms with van der Waals surface area (Å²) in [6.45, 7) is 4.95. The van der Waals surface area contributed by atoms with Crippen LogP contribution >= 0.6 is 12.4 Å². The maximum absolute atomic E-state index is 12.1. The molecule has 112 valence electrons. The molecule has 1 aliphatic rings. The van der Waals surface area contributed by atoms with E-state index in [1.54, 1.807) is 0 Å². The molecule has 20 heavy (non-hydrogen) atoms. The van der Waals surface area contributed by atoms with Crippen molar-refractivity contribution in [3.63, 3.8) is 0 Å². The van der Waals surface area contributed by atoms with Gasteiger partial charge in [-0.05, 0) is 19.0 Å². The summed E-state index contributed by atoms with van der Waals surface area (Å²) in [7, 11) is 2.02. The molecule has 1 N–H and O–H groups in total. The maximum atomic E-state index is 12.1. The summed E-state index contributed by atoms with van der Waals surface area (Å²) in [5.74, 6) is 0.247. The van der Waals surface area contributed by atoms with Crippen molar-refractivity contribution < 1.29 is 4.79 Å². The van der Waals surface area contributed by atoms with Gasteiger partial charge in [0.05, 0.1) is 6.54 Å². The molecule has 5 heteroatoms. The first-order chi connectivity index (χ1) is 9.25. The topological polar surface area (TPSA) is 35.6 Å². The van der Waals surface area contributed by atoms with E-state index >= 15 is 0 Å². The van der Waals surface area contributed by atoms with E-state index in [0.29, 0.717) is 6.54 Å². The van der Waals surface area contributed by atoms with Gasteiger partial charge in [0.2, 0.25) is 5.91 Å². The number of halogens is 1. The van der Waals surface area contributed by atoms with Gasteiger partial charge in [-0.1, -0.05) is 30.3 Å². The number of rotatable bonds is 5. The van der Waals surface area contributed by atoms with Crippen LogP contribution in [0, 0.1) is 0 Å². The minimum Gasteiger partial charge on any atom is -0.339 e.